The highest BCUT2D eigenvalue weighted by atomic mass is 15.1. The van der Waals surface area contributed by atoms with E-state index in [9.17, 15) is 0 Å². The highest BCUT2D eigenvalue weighted by molar-refractivity contribution is 6.16. The molecule has 10 aromatic rings. The van der Waals surface area contributed by atoms with Crippen molar-refractivity contribution in [2.45, 2.75) is 5.41 Å². The van der Waals surface area contributed by atoms with Crippen LogP contribution in [-0.2, 0) is 5.41 Å². The zero-order valence-electron chi connectivity index (χ0n) is 32.0. The second-order valence-electron chi connectivity index (χ2n) is 15.3. The normalized spacial score (nSPS) is 12.6. The van der Waals surface area contributed by atoms with Crippen LogP contribution in [0.2, 0.25) is 0 Å². The average Bonchev–Trinajstić information content (AvgIpc) is 3.62. The zero-order chi connectivity index (χ0) is 38.5. The van der Waals surface area contributed by atoms with Crippen LogP contribution in [0.4, 0.5) is 17.1 Å². The number of hydrogen-bond acceptors (Lipinski definition) is 1. The maximum absolute atomic E-state index is 2.36. The minimum atomic E-state index is -0.418. The molecule has 10 aromatic carbocycles. The predicted molar refractivity (Wildman–Crippen MR) is 244 cm³/mol. The van der Waals surface area contributed by atoms with Crippen LogP contribution in [0.1, 0.15) is 22.3 Å². The van der Waals surface area contributed by atoms with Gasteiger partial charge >= 0.3 is 0 Å². The van der Waals surface area contributed by atoms with Crippen molar-refractivity contribution in [3.63, 3.8) is 0 Å². The van der Waals surface area contributed by atoms with Crippen LogP contribution in [0.3, 0.4) is 0 Å². The summed E-state index contributed by atoms with van der Waals surface area (Å²) in [7, 11) is 0. The van der Waals surface area contributed by atoms with Gasteiger partial charge in [-0.3, -0.25) is 0 Å². The Kier molecular flexibility index (Phi) is 8.12. The Morgan fingerprint density at radius 3 is 0.966 bits per heavy atom. The lowest BCUT2D eigenvalue weighted by molar-refractivity contribution is 0.771. The van der Waals surface area contributed by atoms with Crippen molar-refractivity contribution in [3.05, 3.63) is 259 Å². The fourth-order valence-electron chi connectivity index (χ4n) is 9.43. The summed E-state index contributed by atoms with van der Waals surface area (Å²) < 4.78 is 0. The van der Waals surface area contributed by atoms with E-state index in [0.717, 1.165) is 17.1 Å². The number of benzene rings is 10. The molecule has 11 rings (SSSR count). The molecule has 0 aromatic heterocycles. The molecule has 58 heavy (non-hydrogen) atoms. The Balaban J connectivity index is 0.972. The third-order valence-electron chi connectivity index (χ3n) is 12.1. The fraction of sp³-hybridized carbons (Fsp3) is 0.0175. The maximum Gasteiger partial charge on any atom is 0.0714 e. The predicted octanol–water partition coefficient (Wildman–Crippen LogP) is 15.2. The van der Waals surface area contributed by atoms with Gasteiger partial charge in [-0.2, -0.15) is 0 Å². The Labute approximate surface area is 339 Å². The molecule has 1 heteroatoms. The molecule has 0 aliphatic heterocycles. The number of anilines is 3. The summed E-state index contributed by atoms with van der Waals surface area (Å²) in [6.07, 6.45) is 0. The molecule has 0 amide bonds. The Hall–Kier alpha value is -7.48. The Bertz CT molecular complexity index is 2900. The molecule has 0 N–H and O–H groups in total. The summed E-state index contributed by atoms with van der Waals surface area (Å²) in [6, 6.07) is 86.5. The standard InChI is InChI=1S/C57H39N/c1-4-12-40(13-5-1)43-26-34-50(35-27-43)58(51-36-28-44(29-37-51)41-14-6-2-7-15-41)52-38-30-45(31-39-52)42-24-32-49(33-25-42)57(48-18-8-3-9-19-48)53-20-10-16-46-22-23-47-17-11-21-54(57)56(47)55(46)53/h1-39H. The average molecular weight is 738 g/mol. The molecule has 1 aliphatic carbocycles. The number of hydrogen-bond donors (Lipinski definition) is 0. The van der Waals surface area contributed by atoms with E-state index < -0.39 is 5.41 Å². The maximum atomic E-state index is 2.36. The second kappa shape index (κ2) is 13.9. The smallest absolute Gasteiger partial charge is 0.0714 e. The first-order valence-electron chi connectivity index (χ1n) is 20.1. The molecule has 0 unspecified atom stereocenters. The molecule has 0 atom stereocenters. The van der Waals surface area contributed by atoms with Crippen LogP contribution >= 0.6 is 0 Å². The van der Waals surface area contributed by atoms with Gasteiger partial charge in [-0.25, -0.2) is 0 Å². The minimum absolute atomic E-state index is 0.418. The van der Waals surface area contributed by atoms with E-state index in [-0.39, 0.29) is 0 Å². The van der Waals surface area contributed by atoms with E-state index in [0.29, 0.717) is 0 Å². The third-order valence-corrected chi connectivity index (χ3v) is 12.1. The molecular formula is C57H39N. The van der Waals surface area contributed by atoms with Crippen LogP contribution in [0, 0.1) is 0 Å². The molecule has 272 valence electrons. The molecule has 0 spiro atoms. The molecule has 1 aliphatic rings. The zero-order valence-corrected chi connectivity index (χ0v) is 32.0. The minimum Gasteiger partial charge on any atom is -0.311 e. The lowest BCUT2D eigenvalue weighted by Gasteiger charge is -2.34. The summed E-state index contributed by atoms with van der Waals surface area (Å²) in [5, 5.41) is 5.32. The van der Waals surface area contributed by atoms with Gasteiger partial charge < -0.3 is 4.90 Å². The van der Waals surface area contributed by atoms with Gasteiger partial charge in [0.05, 0.1) is 5.41 Å². The van der Waals surface area contributed by atoms with Gasteiger partial charge in [0.1, 0.15) is 0 Å². The Morgan fingerprint density at radius 2 is 0.569 bits per heavy atom. The quantitative estimate of drug-likeness (QED) is 0.140. The summed E-state index contributed by atoms with van der Waals surface area (Å²) in [6.45, 7) is 0. The van der Waals surface area contributed by atoms with Gasteiger partial charge in [-0.1, -0.05) is 200 Å². The topological polar surface area (TPSA) is 3.24 Å². The first kappa shape index (κ1) is 33.8. The van der Waals surface area contributed by atoms with Crippen molar-refractivity contribution in [2.24, 2.45) is 0 Å². The van der Waals surface area contributed by atoms with Crippen molar-refractivity contribution >= 4 is 38.6 Å². The highest BCUT2D eigenvalue weighted by Gasteiger charge is 2.44. The molecule has 0 saturated carbocycles. The largest absolute Gasteiger partial charge is 0.311 e. The van der Waals surface area contributed by atoms with E-state index in [4.69, 9.17) is 0 Å². The van der Waals surface area contributed by atoms with Crippen molar-refractivity contribution in [2.75, 3.05) is 4.90 Å². The SMILES string of the molecule is c1ccc(-c2ccc(N(c3ccc(-c4ccccc4)cc3)c3ccc(-c4ccc(C5(c6ccccc6)c6cccc7ccc8cccc5c8c67)cc4)cc3)cc2)cc1. The second-order valence-corrected chi connectivity index (χ2v) is 15.3. The van der Waals surface area contributed by atoms with Crippen LogP contribution < -0.4 is 4.90 Å². The van der Waals surface area contributed by atoms with Gasteiger partial charge in [0.25, 0.3) is 0 Å². The van der Waals surface area contributed by atoms with E-state index in [1.54, 1.807) is 0 Å². The number of nitrogens with zero attached hydrogens (tertiary/aromatic N) is 1. The monoisotopic (exact) mass is 737 g/mol. The fourth-order valence-corrected chi connectivity index (χ4v) is 9.43. The molecule has 1 nitrogen and oxygen atoms in total. The van der Waals surface area contributed by atoms with E-state index >= 15 is 0 Å². The van der Waals surface area contributed by atoms with Gasteiger partial charge in [0, 0.05) is 17.1 Å². The Morgan fingerprint density at radius 1 is 0.241 bits per heavy atom. The first-order valence-corrected chi connectivity index (χ1v) is 20.1. The van der Waals surface area contributed by atoms with Crippen molar-refractivity contribution in [3.8, 4) is 33.4 Å². The molecule has 0 heterocycles. The van der Waals surface area contributed by atoms with Gasteiger partial charge in [-0.05, 0) is 114 Å². The van der Waals surface area contributed by atoms with Gasteiger partial charge in [-0.15, -0.1) is 0 Å². The van der Waals surface area contributed by atoms with Crippen molar-refractivity contribution < 1.29 is 0 Å². The molecule has 0 saturated heterocycles. The van der Waals surface area contributed by atoms with Crippen LogP contribution in [0.25, 0.3) is 54.9 Å². The summed E-state index contributed by atoms with van der Waals surface area (Å²) in [4.78, 5) is 2.35. The van der Waals surface area contributed by atoms with Crippen LogP contribution in [-0.4, -0.2) is 0 Å². The molecular weight excluding hydrogens is 699 g/mol. The van der Waals surface area contributed by atoms with Crippen molar-refractivity contribution in [1.82, 2.24) is 0 Å². The van der Waals surface area contributed by atoms with E-state index in [1.165, 1.54) is 77.2 Å². The first-order chi connectivity index (χ1) is 28.8. The van der Waals surface area contributed by atoms with Gasteiger partial charge in [0.2, 0.25) is 0 Å². The van der Waals surface area contributed by atoms with Gasteiger partial charge in [0.15, 0.2) is 0 Å². The highest BCUT2D eigenvalue weighted by Crippen LogP contribution is 2.55. The summed E-state index contributed by atoms with van der Waals surface area (Å²) in [5.41, 5.74) is 15.4. The summed E-state index contributed by atoms with van der Waals surface area (Å²) in [5.74, 6) is 0. The molecule has 0 fully saturated rings. The van der Waals surface area contributed by atoms with Crippen LogP contribution in [0.5, 0.6) is 0 Å². The van der Waals surface area contributed by atoms with Crippen LogP contribution in [0.15, 0.2) is 237 Å². The van der Waals surface area contributed by atoms with E-state index in [2.05, 4.69) is 241 Å². The lowest BCUT2D eigenvalue weighted by Crippen LogP contribution is -2.28. The van der Waals surface area contributed by atoms with E-state index in [1.807, 2.05) is 0 Å². The third kappa shape index (κ3) is 5.47. The number of rotatable bonds is 8. The lowest BCUT2D eigenvalue weighted by atomic mass is 9.67. The summed E-state index contributed by atoms with van der Waals surface area (Å²) >= 11 is 0. The molecule has 0 bridgehead atoms. The van der Waals surface area contributed by atoms with Crippen molar-refractivity contribution in [1.29, 1.82) is 0 Å². The molecule has 0 radical (unpaired) electrons.